The molecule has 0 fully saturated rings. The maximum absolute atomic E-state index is 9.20. The molecule has 0 saturated heterocycles. The molecule has 2 nitrogen and oxygen atoms in total. The van der Waals surface area contributed by atoms with Crippen LogP contribution in [0.15, 0.2) is 18.2 Å². The first-order chi connectivity index (χ1) is 5.66. The van der Waals surface area contributed by atoms with Crippen LogP contribution < -0.4 is 0 Å². The standard InChI is InChI=1S/C9H10ClO2/c1-6(5-11)7-3-2-4-8(12)9(7)10/h2-4,6,11-12H,1,5H2. The molecule has 1 atom stereocenters. The molecule has 12 heavy (non-hydrogen) atoms. The van der Waals surface area contributed by atoms with Gasteiger partial charge in [0, 0.05) is 12.5 Å². The van der Waals surface area contributed by atoms with Gasteiger partial charge in [0.05, 0.1) is 5.02 Å². The van der Waals surface area contributed by atoms with Crippen molar-refractivity contribution in [1.82, 2.24) is 0 Å². The molecule has 1 unspecified atom stereocenters. The monoisotopic (exact) mass is 185 g/mol. The SMILES string of the molecule is [CH2]C(CO)c1cccc(O)c1Cl. The second-order valence-electron chi connectivity index (χ2n) is 2.56. The third-order valence-electron chi connectivity index (χ3n) is 1.67. The van der Waals surface area contributed by atoms with E-state index in [9.17, 15) is 5.11 Å². The lowest BCUT2D eigenvalue weighted by Crippen LogP contribution is -1.99. The highest BCUT2D eigenvalue weighted by molar-refractivity contribution is 6.32. The minimum atomic E-state index is -0.287. The van der Waals surface area contributed by atoms with E-state index in [0.29, 0.717) is 5.56 Å². The van der Waals surface area contributed by atoms with Crippen molar-refractivity contribution >= 4 is 11.6 Å². The molecule has 0 heterocycles. The van der Waals surface area contributed by atoms with Gasteiger partial charge in [0.1, 0.15) is 5.75 Å². The summed E-state index contributed by atoms with van der Waals surface area (Å²) < 4.78 is 0. The molecule has 1 radical (unpaired) electrons. The average Bonchev–Trinajstić information content (AvgIpc) is 2.08. The molecule has 0 aliphatic heterocycles. The number of benzene rings is 1. The van der Waals surface area contributed by atoms with Crippen LogP contribution in [0.4, 0.5) is 0 Å². The minimum Gasteiger partial charge on any atom is -0.506 e. The van der Waals surface area contributed by atoms with Gasteiger partial charge < -0.3 is 10.2 Å². The summed E-state index contributed by atoms with van der Waals surface area (Å²) in [6.45, 7) is 3.60. The van der Waals surface area contributed by atoms with Crippen molar-refractivity contribution in [2.24, 2.45) is 0 Å². The van der Waals surface area contributed by atoms with Crippen LogP contribution in [0.1, 0.15) is 11.5 Å². The van der Waals surface area contributed by atoms with E-state index in [-0.39, 0.29) is 23.3 Å². The van der Waals surface area contributed by atoms with Crippen LogP contribution in [0, 0.1) is 6.92 Å². The van der Waals surface area contributed by atoms with Crippen LogP contribution in [0.25, 0.3) is 0 Å². The van der Waals surface area contributed by atoms with E-state index in [4.69, 9.17) is 16.7 Å². The first kappa shape index (κ1) is 9.36. The Labute approximate surface area is 76.4 Å². The predicted molar refractivity (Wildman–Crippen MR) is 48.3 cm³/mol. The second kappa shape index (κ2) is 3.78. The largest absolute Gasteiger partial charge is 0.506 e. The molecule has 0 aromatic heterocycles. The highest BCUT2D eigenvalue weighted by Crippen LogP contribution is 2.31. The van der Waals surface area contributed by atoms with Crippen LogP contribution in [-0.4, -0.2) is 16.8 Å². The lowest BCUT2D eigenvalue weighted by molar-refractivity contribution is 0.282. The molecular weight excluding hydrogens is 176 g/mol. The Hall–Kier alpha value is -0.730. The summed E-state index contributed by atoms with van der Waals surface area (Å²) in [6.07, 6.45) is 0. The van der Waals surface area contributed by atoms with Gasteiger partial charge in [-0.3, -0.25) is 0 Å². The van der Waals surface area contributed by atoms with E-state index in [2.05, 4.69) is 6.92 Å². The molecule has 0 amide bonds. The van der Waals surface area contributed by atoms with E-state index in [0.717, 1.165) is 0 Å². The van der Waals surface area contributed by atoms with E-state index in [1.165, 1.54) is 6.07 Å². The highest BCUT2D eigenvalue weighted by atomic mass is 35.5. The lowest BCUT2D eigenvalue weighted by atomic mass is 10.0. The van der Waals surface area contributed by atoms with E-state index in [1.807, 2.05) is 0 Å². The van der Waals surface area contributed by atoms with Crippen molar-refractivity contribution in [3.05, 3.63) is 35.7 Å². The molecule has 0 spiro atoms. The van der Waals surface area contributed by atoms with Crippen molar-refractivity contribution < 1.29 is 10.2 Å². The van der Waals surface area contributed by atoms with Crippen molar-refractivity contribution in [3.8, 4) is 5.75 Å². The smallest absolute Gasteiger partial charge is 0.134 e. The number of aliphatic hydroxyl groups is 1. The highest BCUT2D eigenvalue weighted by Gasteiger charge is 2.10. The van der Waals surface area contributed by atoms with Crippen LogP contribution in [-0.2, 0) is 0 Å². The van der Waals surface area contributed by atoms with Gasteiger partial charge in [0.2, 0.25) is 0 Å². The summed E-state index contributed by atoms with van der Waals surface area (Å²) in [5, 5.41) is 18.3. The summed E-state index contributed by atoms with van der Waals surface area (Å²) >= 11 is 5.77. The minimum absolute atomic E-state index is 0.0243. The molecule has 0 bridgehead atoms. The Kier molecular flexibility index (Phi) is 2.95. The van der Waals surface area contributed by atoms with E-state index in [1.54, 1.807) is 12.1 Å². The van der Waals surface area contributed by atoms with Gasteiger partial charge in [-0.05, 0) is 18.6 Å². The Morgan fingerprint density at radius 1 is 1.50 bits per heavy atom. The van der Waals surface area contributed by atoms with Gasteiger partial charge >= 0.3 is 0 Å². The van der Waals surface area contributed by atoms with E-state index >= 15 is 0 Å². The topological polar surface area (TPSA) is 40.5 Å². The lowest BCUT2D eigenvalue weighted by Gasteiger charge is -2.10. The molecule has 3 heteroatoms. The van der Waals surface area contributed by atoms with Gasteiger partial charge in [-0.25, -0.2) is 0 Å². The number of aliphatic hydroxyl groups excluding tert-OH is 1. The normalized spacial score (nSPS) is 12.9. The second-order valence-corrected chi connectivity index (χ2v) is 2.94. The predicted octanol–water partition coefficient (Wildman–Crippen LogP) is 1.96. The van der Waals surface area contributed by atoms with Gasteiger partial charge in [-0.2, -0.15) is 0 Å². The zero-order valence-corrected chi connectivity index (χ0v) is 7.25. The summed E-state index contributed by atoms with van der Waals surface area (Å²) in [5.41, 5.74) is 0.666. The van der Waals surface area contributed by atoms with Crippen molar-refractivity contribution in [1.29, 1.82) is 0 Å². The number of phenols is 1. The fourth-order valence-corrected chi connectivity index (χ4v) is 1.23. The molecule has 0 aliphatic carbocycles. The van der Waals surface area contributed by atoms with Gasteiger partial charge in [-0.15, -0.1) is 0 Å². The summed E-state index contributed by atoms with van der Waals surface area (Å²) in [4.78, 5) is 0. The Bertz CT molecular complexity index is 273. The van der Waals surface area contributed by atoms with Gasteiger partial charge in [-0.1, -0.05) is 23.7 Å². The molecule has 0 saturated carbocycles. The zero-order valence-electron chi connectivity index (χ0n) is 6.50. The molecule has 0 aliphatic rings. The Balaban J connectivity index is 3.07. The van der Waals surface area contributed by atoms with Crippen molar-refractivity contribution in [3.63, 3.8) is 0 Å². The third kappa shape index (κ3) is 1.71. The number of hydrogen-bond donors (Lipinski definition) is 2. The van der Waals surface area contributed by atoms with E-state index < -0.39 is 0 Å². The summed E-state index contributed by atoms with van der Waals surface area (Å²) in [6, 6.07) is 4.90. The molecule has 1 rings (SSSR count). The quantitative estimate of drug-likeness (QED) is 0.740. The zero-order chi connectivity index (χ0) is 9.14. The van der Waals surface area contributed by atoms with Crippen molar-refractivity contribution in [2.75, 3.05) is 6.61 Å². The Morgan fingerprint density at radius 2 is 2.17 bits per heavy atom. The number of hydrogen-bond acceptors (Lipinski definition) is 2. The maximum atomic E-state index is 9.20. The molecular formula is C9H10ClO2. The number of aromatic hydroxyl groups is 1. The third-order valence-corrected chi connectivity index (χ3v) is 2.08. The molecule has 1 aromatic rings. The maximum Gasteiger partial charge on any atom is 0.134 e. The first-order valence-corrected chi connectivity index (χ1v) is 3.96. The average molecular weight is 186 g/mol. The Morgan fingerprint density at radius 3 is 2.75 bits per heavy atom. The van der Waals surface area contributed by atoms with Gasteiger partial charge in [0.15, 0.2) is 0 Å². The molecule has 1 aromatic carbocycles. The van der Waals surface area contributed by atoms with Crippen LogP contribution in [0.5, 0.6) is 5.75 Å². The number of rotatable bonds is 2. The van der Waals surface area contributed by atoms with Crippen LogP contribution in [0.3, 0.4) is 0 Å². The number of phenolic OH excluding ortho intramolecular Hbond substituents is 1. The van der Waals surface area contributed by atoms with Crippen LogP contribution in [0.2, 0.25) is 5.02 Å². The molecule has 2 N–H and O–H groups in total. The molecule has 65 valence electrons. The summed E-state index contributed by atoms with van der Waals surface area (Å²) in [5.74, 6) is -0.263. The number of halogens is 1. The summed E-state index contributed by atoms with van der Waals surface area (Å²) in [7, 11) is 0. The van der Waals surface area contributed by atoms with Gasteiger partial charge in [0.25, 0.3) is 0 Å². The van der Waals surface area contributed by atoms with Crippen LogP contribution >= 0.6 is 11.6 Å². The fourth-order valence-electron chi connectivity index (χ4n) is 0.951. The fraction of sp³-hybridized carbons (Fsp3) is 0.222. The first-order valence-electron chi connectivity index (χ1n) is 3.58. The van der Waals surface area contributed by atoms with Crippen molar-refractivity contribution in [2.45, 2.75) is 5.92 Å².